The zero-order chi connectivity index (χ0) is 20.9. The van der Waals surface area contributed by atoms with Crippen LogP contribution in [0, 0.1) is 5.82 Å². The molecule has 7 heteroatoms. The maximum absolute atomic E-state index is 13.1. The third kappa shape index (κ3) is 5.19. The Bertz CT molecular complexity index is 1000. The highest BCUT2D eigenvalue weighted by atomic mass is 35.5. The largest absolute Gasteiger partial charge is 0.487 e. The van der Waals surface area contributed by atoms with E-state index in [2.05, 4.69) is 4.90 Å². The quantitative estimate of drug-likeness (QED) is 0.531. The fourth-order valence-electron chi connectivity index (χ4n) is 3.40. The van der Waals surface area contributed by atoms with Gasteiger partial charge in [0.1, 0.15) is 18.2 Å². The molecule has 1 amide bonds. The average molecular weight is 445 g/mol. The summed E-state index contributed by atoms with van der Waals surface area (Å²) in [5, 5.41) is 2.53. The van der Waals surface area contributed by atoms with Crippen molar-refractivity contribution in [2.75, 3.05) is 26.2 Å². The van der Waals surface area contributed by atoms with Crippen LogP contribution >= 0.6 is 22.9 Å². The van der Waals surface area contributed by atoms with E-state index < -0.39 is 0 Å². The number of nitrogens with zero attached hydrogens (tertiary/aromatic N) is 2. The van der Waals surface area contributed by atoms with Crippen molar-refractivity contribution in [1.29, 1.82) is 0 Å². The molecule has 0 unspecified atom stereocenters. The summed E-state index contributed by atoms with van der Waals surface area (Å²) in [4.78, 5) is 17.8. The predicted molar refractivity (Wildman–Crippen MR) is 118 cm³/mol. The Hall–Kier alpha value is -2.41. The Balaban J connectivity index is 1.28. The molecule has 2 heterocycles. The van der Waals surface area contributed by atoms with E-state index in [0.717, 1.165) is 35.6 Å². The van der Waals surface area contributed by atoms with Crippen LogP contribution < -0.4 is 4.74 Å². The Morgan fingerprint density at radius 1 is 1.03 bits per heavy atom. The first kappa shape index (κ1) is 20.8. The van der Waals surface area contributed by atoms with Crippen LogP contribution in [0.1, 0.15) is 20.8 Å². The van der Waals surface area contributed by atoms with E-state index >= 15 is 0 Å². The van der Waals surface area contributed by atoms with Crippen molar-refractivity contribution < 1.29 is 13.9 Å². The van der Waals surface area contributed by atoms with Gasteiger partial charge in [-0.1, -0.05) is 35.9 Å². The molecule has 156 valence electrons. The molecule has 3 aromatic rings. The molecule has 1 fully saturated rings. The number of carbonyl (C=O) groups excluding carboxylic acids is 1. The van der Waals surface area contributed by atoms with E-state index in [-0.39, 0.29) is 11.7 Å². The van der Waals surface area contributed by atoms with E-state index in [0.29, 0.717) is 30.5 Å². The zero-order valence-electron chi connectivity index (χ0n) is 16.4. The first-order valence-electron chi connectivity index (χ1n) is 9.79. The number of hydrogen-bond donors (Lipinski definition) is 0. The monoisotopic (exact) mass is 444 g/mol. The second-order valence-electron chi connectivity index (χ2n) is 7.23. The first-order valence-corrected chi connectivity index (χ1v) is 11.0. The molecule has 4 rings (SSSR count). The summed E-state index contributed by atoms with van der Waals surface area (Å²) in [6, 6.07) is 15.8. The van der Waals surface area contributed by atoms with Gasteiger partial charge in [-0.3, -0.25) is 9.69 Å². The maximum Gasteiger partial charge on any atom is 0.264 e. The van der Waals surface area contributed by atoms with E-state index in [1.54, 1.807) is 6.07 Å². The Morgan fingerprint density at radius 3 is 2.50 bits per heavy atom. The van der Waals surface area contributed by atoms with Crippen LogP contribution in [0.15, 0.2) is 60.0 Å². The zero-order valence-corrected chi connectivity index (χ0v) is 18.0. The van der Waals surface area contributed by atoms with Crippen molar-refractivity contribution in [3.05, 3.63) is 86.8 Å². The lowest BCUT2D eigenvalue weighted by atomic mass is 10.2. The van der Waals surface area contributed by atoms with Crippen LogP contribution in [0.4, 0.5) is 4.39 Å². The fraction of sp³-hybridized carbons (Fsp3) is 0.261. The minimum absolute atomic E-state index is 0.0606. The van der Waals surface area contributed by atoms with Crippen molar-refractivity contribution in [1.82, 2.24) is 9.80 Å². The molecule has 0 saturated carbocycles. The minimum atomic E-state index is -0.221. The molecule has 1 saturated heterocycles. The molecule has 0 atom stereocenters. The van der Waals surface area contributed by atoms with Gasteiger partial charge in [0.2, 0.25) is 0 Å². The molecule has 0 bridgehead atoms. The molecule has 1 aromatic heterocycles. The van der Waals surface area contributed by atoms with Crippen molar-refractivity contribution >= 4 is 28.8 Å². The molecular formula is C23H22ClFN2O2S. The lowest BCUT2D eigenvalue weighted by molar-refractivity contribution is 0.0633. The van der Waals surface area contributed by atoms with E-state index in [4.69, 9.17) is 16.3 Å². The van der Waals surface area contributed by atoms with Gasteiger partial charge in [-0.25, -0.2) is 4.39 Å². The number of hydrogen-bond acceptors (Lipinski definition) is 4. The second-order valence-corrected chi connectivity index (χ2v) is 8.55. The summed E-state index contributed by atoms with van der Waals surface area (Å²) >= 11 is 7.56. The highest BCUT2D eigenvalue weighted by Gasteiger charge is 2.23. The summed E-state index contributed by atoms with van der Waals surface area (Å²) in [6.07, 6.45) is 0. The maximum atomic E-state index is 13.1. The van der Waals surface area contributed by atoms with Crippen LogP contribution in [-0.2, 0) is 13.2 Å². The summed E-state index contributed by atoms with van der Waals surface area (Å²) in [7, 11) is 0. The summed E-state index contributed by atoms with van der Waals surface area (Å²) in [5.74, 6) is 0.475. The number of ether oxygens (including phenoxy) is 1. The van der Waals surface area contributed by atoms with Gasteiger partial charge in [-0.15, -0.1) is 11.3 Å². The molecule has 30 heavy (non-hydrogen) atoms. The summed E-state index contributed by atoms with van der Waals surface area (Å²) < 4.78 is 18.8. The number of halogens is 2. The SMILES string of the molecule is O=C(c1cc(COc2ccccc2Cl)cs1)N1CCN(Cc2ccc(F)cc2)CC1. The van der Waals surface area contributed by atoms with Crippen LogP contribution in [0.5, 0.6) is 5.75 Å². The van der Waals surface area contributed by atoms with Crippen LogP contribution in [-0.4, -0.2) is 41.9 Å². The summed E-state index contributed by atoms with van der Waals surface area (Å²) in [5.41, 5.74) is 2.04. The van der Waals surface area contributed by atoms with E-state index in [9.17, 15) is 9.18 Å². The van der Waals surface area contributed by atoms with Gasteiger partial charge in [0, 0.05) is 38.3 Å². The van der Waals surface area contributed by atoms with Gasteiger partial charge in [-0.05, 0) is 41.3 Å². The topological polar surface area (TPSA) is 32.8 Å². The van der Waals surface area contributed by atoms with Crippen LogP contribution in [0.3, 0.4) is 0 Å². The van der Waals surface area contributed by atoms with E-state index in [1.165, 1.54) is 23.5 Å². The number of rotatable bonds is 6. The number of carbonyl (C=O) groups is 1. The number of piperazine rings is 1. The molecule has 0 aliphatic carbocycles. The third-order valence-corrected chi connectivity index (χ3v) is 6.35. The van der Waals surface area contributed by atoms with E-state index in [1.807, 2.05) is 46.7 Å². The van der Waals surface area contributed by atoms with Gasteiger partial charge >= 0.3 is 0 Å². The predicted octanol–water partition coefficient (Wildman–Crippen LogP) is 5.08. The molecule has 2 aromatic carbocycles. The van der Waals surface area contributed by atoms with Crippen molar-refractivity contribution in [3.8, 4) is 5.75 Å². The van der Waals surface area contributed by atoms with Crippen LogP contribution in [0.25, 0.3) is 0 Å². The lowest BCUT2D eigenvalue weighted by Crippen LogP contribution is -2.48. The number of para-hydroxylation sites is 1. The molecule has 0 spiro atoms. The van der Waals surface area contributed by atoms with Gasteiger partial charge < -0.3 is 9.64 Å². The average Bonchev–Trinajstić information content (AvgIpc) is 3.24. The van der Waals surface area contributed by atoms with Gasteiger partial charge in [0.15, 0.2) is 0 Å². The second kappa shape index (κ2) is 9.60. The molecule has 1 aliphatic rings. The normalized spacial score (nSPS) is 14.7. The number of benzene rings is 2. The summed E-state index contributed by atoms with van der Waals surface area (Å²) in [6.45, 7) is 4.12. The first-order chi connectivity index (χ1) is 14.6. The van der Waals surface area contributed by atoms with Crippen LogP contribution in [0.2, 0.25) is 5.02 Å². The van der Waals surface area contributed by atoms with Crippen molar-refractivity contribution in [2.45, 2.75) is 13.2 Å². The van der Waals surface area contributed by atoms with Gasteiger partial charge in [0.25, 0.3) is 5.91 Å². The highest BCUT2D eigenvalue weighted by Crippen LogP contribution is 2.25. The Kier molecular flexibility index (Phi) is 6.67. The van der Waals surface area contributed by atoms with Crippen molar-refractivity contribution in [2.24, 2.45) is 0 Å². The lowest BCUT2D eigenvalue weighted by Gasteiger charge is -2.34. The number of amides is 1. The van der Waals surface area contributed by atoms with Gasteiger partial charge in [0.05, 0.1) is 9.90 Å². The van der Waals surface area contributed by atoms with Gasteiger partial charge in [-0.2, -0.15) is 0 Å². The molecular weight excluding hydrogens is 423 g/mol. The third-order valence-electron chi connectivity index (χ3n) is 5.07. The molecule has 0 radical (unpaired) electrons. The molecule has 1 aliphatic heterocycles. The van der Waals surface area contributed by atoms with Crippen molar-refractivity contribution in [3.63, 3.8) is 0 Å². The Labute approximate surface area is 184 Å². The number of thiophene rings is 1. The smallest absolute Gasteiger partial charge is 0.264 e. The fourth-order valence-corrected chi connectivity index (χ4v) is 4.45. The highest BCUT2D eigenvalue weighted by molar-refractivity contribution is 7.12. The standard InChI is InChI=1S/C23H22ClFN2O2S/c24-20-3-1-2-4-21(20)29-15-18-13-22(30-16-18)23(28)27-11-9-26(10-12-27)14-17-5-7-19(25)8-6-17/h1-8,13,16H,9-12,14-15H2. The molecule has 0 N–H and O–H groups in total. The molecule has 4 nitrogen and oxygen atoms in total. The Morgan fingerprint density at radius 2 is 1.77 bits per heavy atom. The minimum Gasteiger partial charge on any atom is -0.487 e.